The van der Waals surface area contributed by atoms with Gasteiger partial charge in [0.15, 0.2) is 0 Å². The highest BCUT2D eigenvalue weighted by Gasteiger charge is 2.35. The number of benzene rings is 1. The number of rotatable bonds is 5. The highest BCUT2D eigenvalue weighted by atomic mass is 16.5. The number of carbonyl (C=O) groups excluding carboxylic acids is 1. The maximum absolute atomic E-state index is 12.3. The number of ether oxygens (including phenoxy) is 1. The highest BCUT2D eigenvalue weighted by Crippen LogP contribution is 2.31. The average Bonchev–Trinajstić information content (AvgIpc) is 2.55. The number of nitrogens with one attached hydrogen (secondary N) is 1. The Hall–Kier alpha value is -1.39. The van der Waals surface area contributed by atoms with Gasteiger partial charge >= 0.3 is 0 Å². The molecule has 1 heterocycles. The van der Waals surface area contributed by atoms with E-state index in [1.165, 1.54) is 0 Å². The van der Waals surface area contributed by atoms with Crippen molar-refractivity contribution in [1.82, 2.24) is 5.32 Å². The molecule has 0 saturated carbocycles. The number of nitrogens with two attached hydrogens (primary N) is 1. The maximum atomic E-state index is 12.3. The van der Waals surface area contributed by atoms with Crippen molar-refractivity contribution in [3.05, 3.63) is 35.4 Å². The van der Waals surface area contributed by atoms with Crippen molar-refractivity contribution < 1.29 is 9.53 Å². The lowest BCUT2D eigenvalue weighted by Gasteiger charge is -2.40. The standard InChI is InChI=1S/C17H26N2O2/c1-3-17(4-2)11-15(9-10-21-17)19-16(20)14-7-5-13(12-18)6-8-14/h5-8,15H,3-4,9-12,18H2,1-2H3,(H,19,20). The molecular weight excluding hydrogens is 264 g/mol. The molecule has 1 amide bonds. The van der Waals surface area contributed by atoms with E-state index in [2.05, 4.69) is 19.2 Å². The molecule has 4 nitrogen and oxygen atoms in total. The second-order valence-corrected chi connectivity index (χ2v) is 5.80. The number of carbonyl (C=O) groups is 1. The van der Waals surface area contributed by atoms with Crippen LogP contribution in [-0.4, -0.2) is 24.2 Å². The third kappa shape index (κ3) is 3.83. The van der Waals surface area contributed by atoms with Gasteiger partial charge in [0, 0.05) is 24.8 Å². The fourth-order valence-electron chi connectivity index (χ4n) is 2.95. The molecule has 1 unspecified atom stereocenters. The van der Waals surface area contributed by atoms with Crippen LogP contribution in [0.3, 0.4) is 0 Å². The molecule has 21 heavy (non-hydrogen) atoms. The zero-order valence-electron chi connectivity index (χ0n) is 13.0. The summed E-state index contributed by atoms with van der Waals surface area (Å²) in [7, 11) is 0. The topological polar surface area (TPSA) is 64.4 Å². The predicted octanol–water partition coefficient (Wildman–Crippen LogP) is 2.61. The number of amides is 1. The van der Waals surface area contributed by atoms with Gasteiger partial charge in [0.1, 0.15) is 0 Å². The smallest absolute Gasteiger partial charge is 0.251 e. The largest absolute Gasteiger partial charge is 0.375 e. The molecule has 4 heteroatoms. The van der Waals surface area contributed by atoms with Crippen molar-refractivity contribution in [3.63, 3.8) is 0 Å². The van der Waals surface area contributed by atoms with Gasteiger partial charge in [-0.25, -0.2) is 0 Å². The van der Waals surface area contributed by atoms with Crippen LogP contribution in [0.1, 0.15) is 55.5 Å². The van der Waals surface area contributed by atoms with Crippen molar-refractivity contribution in [2.45, 2.75) is 57.7 Å². The van der Waals surface area contributed by atoms with E-state index >= 15 is 0 Å². The van der Waals surface area contributed by atoms with Crippen LogP contribution in [0.25, 0.3) is 0 Å². The van der Waals surface area contributed by atoms with E-state index in [9.17, 15) is 4.79 Å². The number of hydrogen-bond donors (Lipinski definition) is 2. The van der Waals surface area contributed by atoms with Crippen LogP contribution in [0, 0.1) is 0 Å². The summed E-state index contributed by atoms with van der Waals surface area (Å²) in [5.41, 5.74) is 7.23. The molecule has 1 aliphatic rings. The van der Waals surface area contributed by atoms with Gasteiger partial charge in [0.05, 0.1) is 5.60 Å². The Morgan fingerprint density at radius 2 is 2.00 bits per heavy atom. The summed E-state index contributed by atoms with van der Waals surface area (Å²) in [5, 5.41) is 3.15. The van der Waals surface area contributed by atoms with E-state index in [0.29, 0.717) is 12.1 Å². The van der Waals surface area contributed by atoms with E-state index in [4.69, 9.17) is 10.5 Å². The van der Waals surface area contributed by atoms with Crippen LogP contribution in [0.15, 0.2) is 24.3 Å². The van der Waals surface area contributed by atoms with Crippen molar-refractivity contribution >= 4 is 5.91 Å². The van der Waals surface area contributed by atoms with Crippen molar-refractivity contribution in [2.24, 2.45) is 5.73 Å². The molecule has 1 aliphatic heterocycles. The molecule has 2 rings (SSSR count). The minimum Gasteiger partial charge on any atom is -0.375 e. The average molecular weight is 290 g/mol. The lowest BCUT2D eigenvalue weighted by Crippen LogP contribution is -2.48. The van der Waals surface area contributed by atoms with E-state index in [0.717, 1.165) is 37.9 Å². The first-order chi connectivity index (χ1) is 10.1. The Kier molecular flexibility index (Phi) is 5.37. The van der Waals surface area contributed by atoms with Gasteiger partial charge in [-0.05, 0) is 43.4 Å². The lowest BCUT2D eigenvalue weighted by atomic mass is 9.86. The molecule has 3 N–H and O–H groups in total. The van der Waals surface area contributed by atoms with Crippen molar-refractivity contribution in [2.75, 3.05) is 6.61 Å². The summed E-state index contributed by atoms with van der Waals surface area (Å²) < 4.78 is 5.95. The van der Waals surface area contributed by atoms with E-state index < -0.39 is 0 Å². The second-order valence-electron chi connectivity index (χ2n) is 5.80. The predicted molar refractivity (Wildman–Crippen MR) is 84.1 cm³/mol. The van der Waals surface area contributed by atoms with Crippen LogP contribution >= 0.6 is 0 Å². The summed E-state index contributed by atoms with van der Waals surface area (Å²) in [5.74, 6) is -0.00780. The SMILES string of the molecule is CCC1(CC)CC(NC(=O)c2ccc(CN)cc2)CCO1. The Morgan fingerprint density at radius 1 is 1.33 bits per heavy atom. The van der Waals surface area contributed by atoms with E-state index in [1.54, 1.807) is 0 Å². The summed E-state index contributed by atoms with van der Waals surface area (Å²) in [6, 6.07) is 7.68. The third-order valence-corrected chi connectivity index (χ3v) is 4.57. The highest BCUT2D eigenvalue weighted by molar-refractivity contribution is 5.94. The van der Waals surface area contributed by atoms with Crippen molar-refractivity contribution in [3.8, 4) is 0 Å². The normalized spacial score (nSPS) is 21.0. The van der Waals surface area contributed by atoms with Gasteiger partial charge < -0.3 is 15.8 Å². The fraction of sp³-hybridized carbons (Fsp3) is 0.588. The van der Waals surface area contributed by atoms with Gasteiger partial charge in [-0.1, -0.05) is 26.0 Å². The van der Waals surface area contributed by atoms with E-state index in [-0.39, 0.29) is 17.6 Å². The Morgan fingerprint density at radius 3 is 2.57 bits per heavy atom. The summed E-state index contributed by atoms with van der Waals surface area (Å²) in [6.45, 7) is 5.52. The van der Waals surface area contributed by atoms with Crippen molar-refractivity contribution in [1.29, 1.82) is 0 Å². The molecule has 116 valence electrons. The minimum atomic E-state index is -0.0698. The fourth-order valence-corrected chi connectivity index (χ4v) is 2.95. The summed E-state index contributed by atoms with van der Waals surface area (Å²) >= 11 is 0. The monoisotopic (exact) mass is 290 g/mol. The summed E-state index contributed by atoms with van der Waals surface area (Å²) in [6.07, 6.45) is 3.75. The van der Waals surface area contributed by atoms with Crippen LogP contribution in [0.5, 0.6) is 0 Å². The van der Waals surface area contributed by atoms with Gasteiger partial charge in [-0.15, -0.1) is 0 Å². The quantitative estimate of drug-likeness (QED) is 0.876. The van der Waals surface area contributed by atoms with Crippen LogP contribution in [0.4, 0.5) is 0 Å². The Balaban J connectivity index is 1.98. The first-order valence-electron chi connectivity index (χ1n) is 7.86. The van der Waals surface area contributed by atoms with Gasteiger partial charge in [-0.3, -0.25) is 4.79 Å². The third-order valence-electron chi connectivity index (χ3n) is 4.57. The van der Waals surface area contributed by atoms with Gasteiger partial charge in [-0.2, -0.15) is 0 Å². The summed E-state index contributed by atoms with van der Waals surface area (Å²) in [4.78, 5) is 12.3. The van der Waals surface area contributed by atoms with E-state index in [1.807, 2.05) is 24.3 Å². The van der Waals surface area contributed by atoms with Crippen LogP contribution in [-0.2, 0) is 11.3 Å². The molecule has 0 aliphatic carbocycles. The lowest BCUT2D eigenvalue weighted by molar-refractivity contribution is -0.0917. The maximum Gasteiger partial charge on any atom is 0.251 e. The van der Waals surface area contributed by atoms with Crippen LogP contribution < -0.4 is 11.1 Å². The first kappa shape index (κ1) is 16.0. The van der Waals surface area contributed by atoms with Crippen LogP contribution in [0.2, 0.25) is 0 Å². The Labute approximate surface area is 127 Å². The zero-order valence-corrected chi connectivity index (χ0v) is 13.0. The number of hydrogen-bond acceptors (Lipinski definition) is 3. The molecule has 1 saturated heterocycles. The van der Waals surface area contributed by atoms with Gasteiger partial charge in [0.2, 0.25) is 0 Å². The molecule has 1 aromatic carbocycles. The molecule has 0 aromatic heterocycles. The molecular formula is C17H26N2O2. The molecule has 0 spiro atoms. The molecule has 0 bridgehead atoms. The zero-order chi connectivity index (χ0) is 15.3. The van der Waals surface area contributed by atoms with Gasteiger partial charge in [0.25, 0.3) is 5.91 Å². The molecule has 1 aromatic rings. The minimum absolute atomic E-state index is 0.00780. The molecule has 1 fully saturated rings. The second kappa shape index (κ2) is 7.05. The molecule has 0 radical (unpaired) electrons. The first-order valence-corrected chi connectivity index (χ1v) is 7.86. The molecule has 1 atom stereocenters. The Bertz CT molecular complexity index is 466.